The van der Waals surface area contributed by atoms with E-state index < -0.39 is 6.68 Å². The summed E-state index contributed by atoms with van der Waals surface area (Å²) < 4.78 is 28.8. The van der Waals surface area contributed by atoms with E-state index in [2.05, 4.69) is 121 Å². The number of hydrogen-bond donors (Lipinski definition) is 0. The van der Waals surface area contributed by atoms with Gasteiger partial charge in [-0.05, 0) is 49.4 Å². The van der Waals surface area contributed by atoms with Crippen molar-refractivity contribution in [3.05, 3.63) is 128 Å². The van der Waals surface area contributed by atoms with Crippen molar-refractivity contribution in [2.75, 3.05) is 12.3 Å². The van der Waals surface area contributed by atoms with Crippen LogP contribution in [0.5, 0.6) is 0 Å². The van der Waals surface area contributed by atoms with Gasteiger partial charge in [0.05, 0.1) is 0 Å². The number of hydrogen-bond acceptors (Lipinski definition) is 0. The molecule has 34 heavy (non-hydrogen) atoms. The second kappa shape index (κ2) is 16.7. The van der Waals surface area contributed by atoms with Crippen molar-refractivity contribution < 1.29 is 39.7 Å². The van der Waals surface area contributed by atoms with Gasteiger partial charge in [-0.1, -0.05) is 121 Å². The minimum absolute atomic E-state index is 0. The molecule has 0 saturated heterocycles. The van der Waals surface area contributed by atoms with Crippen LogP contribution < -0.4 is 21.2 Å². The van der Waals surface area contributed by atoms with Gasteiger partial charge in [-0.15, -0.1) is 0 Å². The van der Waals surface area contributed by atoms with Gasteiger partial charge in [0, 0.05) is 21.1 Å². The molecule has 0 saturated carbocycles. The molecule has 0 atom stereocenters. The summed E-state index contributed by atoms with van der Waals surface area (Å²) in [5.74, 6) is 0. The third-order valence-corrected chi connectivity index (χ3v) is 10.2. The second-order valence-corrected chi connectivity index (χ2v) is 11.5. The third-order valence-electron chi connectivity index (χ3n) is 4.82. The van der Waals surface area contributed by atoms with Gasteiger partial charge in [-0.2, -0.15) is 0 Å². The Morgan fingerprint density at radius 3 is 0.794 bits per heavy atom. The molecule has 4 aromatic carbocycles. The molecular formula is C27H26F3OP2Pt-. The van der Waals surface area contributed by atoms with Crippen molar-refractivity contribution in [2.24, 2.45) is 0 Å². The van der Waals surface area contributed by atoms with E-state index in [0.29, 0.717) is 0 Å². The van der Waals surface area contributed by atoms with Crippen LogP contribution in [0.2, 0.25) is 0 Å². The maximum absolute atomic E-state index is 9.58. The Kier molecular flexibility index (Phi) is 14.9. The minimum atomic E-state index is -3.08. The van der Waals surface area contributed by atoms with E-state index in [0.717, 1.165) is 0 Å². The molecular weight excluding hydrogens is 654 g/mol. The summed E-state index contributed by atoms with van der Waals surface area (Å²) in [4.78, 5) is 0. The van der Waals surface area contributed by atoms with Crippen molar-refractivity contribution in [3.8, 4) is 0 Å². The first-order valence-corrected chi connectivity index (χ1v) is 13.3. The van der Waals surface area contributed by atoms with Gasteiger partial charge in [0.15, 0.2) is 6.68 Å². The van der Waals surface area contributed by atoms with Gasteiger partial charge in [0.2, 0.25) is 0 Å². The van der Waals surface area contributed by atoms with Crippen molar-refractivity contribution in [2.45, 2.75) is 0 Å². The maximum atomic E-state index is 9.58. The van der Waals surface area contributed by atoms with Crippen molar-refractivity contribution in [1.29, 1.82) is 0 Å². The van der Waals surface area contributed by atoms with E-state index in [1.807, 2.05) is 0 Å². The molecule has 7 heteroatoms. The summed E-state index contributed by atoms with van der Waals surface area (Å²) in [6, 6.07) is 44.2. The second-order valence-electron chi connectivity index (χ2n) is 6.86. The van der Waals surface area contributed by atoms with Gasteiger partial charge < -0.3 is 18.6 Å². The molecule has 0 aliphatic heterocycles. The zero-order valence-corrected chi connectivity index (χ0v) is 22.4. The number of rotatable bonds is 7. The van der Waals surface area contributed by atoms with E-state index in [1.54, 1.807) is 0 Å². The van der Waals surface area contributed by atoms with E-state index >= 15 is 0 Å². The molecule has 182 valence electrons. The van der Waals surface area contributed by atoms with Crippen LogP contribution in [0, 0.1) is 6.68 Å². The zero-order valence-electron chi connectivity index (χ0n) is 18.3. The van der Waals surface area contributed by atoms with Gasteiger partial charge in [-0.25, -0.2) is 0 Å². The standard InChI is InChI=1S/C26H24P2.CF3.H2O.Pt/c1-5-13-23(14-6-1)27(24-15-7-2-8-16-24)21-22-28(25-17-9-3-10-18-25)26-19-11-4-12-20-26;2-1(3)4;;/h1-20H,21-22H2;;1H2;/q;-1;;. The topological polar surface area (TPSA) is 31.5 Å². The number of halogens is 3. The predicted octanol–water partition coefficient (Wildman–Crippen LogP) is 5.77. The Balaban J connectivity index is 0.000000895. The normalized spacial score (nSPS) is 10.2. The van der Waals surface area contributed by atoms with Gasteiger partial charge in [0.25, 0.3) is 0 Å². The Morgan fingerprint density at radius 1 is 0.441 bits per heavy atom. The molecule has 0 aliphatic rings. The summed E-state index contributed by atoms with van der Waals surface area (Å²) in [5, 5.41) is 5.89. The monoisotopic (exact) mass is 680 g/mol. The summed E-state index contributed by atoms with van der Waals surface area (Å²) in [6.45, 7) is -3.08. The Bertz CT molecular complexity index is 862. The molecule has 4 aromatic rings. The molecule has 0 unspecified atom stereocenters. The fourth-order valence-electron chi connectivity index (χ4n) is 3.45. The van der Waals surface area contributed by atoms with Crippen LogP contribution in [0.1, 0.15) is 0 Å². The summed E-state index contributed by atoms with van der Waals surface area (Å²) in [7, 11) is -0.696. The molecule has 0 radical (unpaired) electrons. The molecule has 0 bridgehead atoms. The Morgan fingerprint density at radius 2 is 0.618 bits per heavy atom. The van der Waals surface area contributed by atoms with Gasteiger partial charge >= 0.3 is 0 Å². The van der Waals surface area contributed by atoms with Crippen LogP contribution in [0.25, 0.3) is 0 Å². The van der Waals surface area contributed by atoms with Crippen molar-refractivity contribution >= 4 is 37.1 Å². The molecule has 1 nitrogen and oxygen atoms in total. The first-order chi connectivity index (χ1) is 15.6. The van der Waals surface area contributed by atoms with Gasteiger partial charge in [0.1, 0.15) is 0 Å². The van der Waals surface area contributed by atoms with E-state index in [1.165, 1.54) is 33.5 Å². The van der Waals surface area contributed by atoms with E-state index in [-0.39, 0.29) is 42.4 Å². The smallest absolute Gasteiger partial charge is 0.154 e. The van der Waals surface area contributed by atoms with Crippen molar-refractivity contribution in [1.82, 2.24) is 0 Å². The molecule has 0 heterocycles. The summed E-state index contributed by atoms with van der Waals surface area (Å²) in [5.41, 5.74) is 0. The molecule has 0 amide bonds. The predicted molar refractivity (Wildman–Crippen MR) is 138 cm³/mol. The van der Waals surface area contributed by atoms with E-state index in [9.17, 15) is 13.2 Å². The molecule has 4 rings (SSSR count). The van der Waals surface area contributed by atoms with Gasteiger partial charge in [-0.3, -0.25) is 0 Å². The first-order valence-electron chi connectivity index (χ1n) is 10.2. The van der Waals surface area contributed by atoms with E-state index in [4.69, 9.17) is 0 Å². The van der Waals surface area contributed by atoms with Crippen LogP contribution in [-0.2, 0) is 21.1 Å². The quantitative estimate of drug-likeness (QED) is 0.176. The molecule has 0 aromatic heterocycles. The number of benzene rings is 4. The third kappa shape index (κ3) is 9.81. The average molecular weight is 681 g/mol. The molecule has 0 fully saturated rings. The molecule has 2 N–H and O–H groups in total. The Labute approximate surface area is 216 Å². The minimum Gasteiger partial charge on any atom is -0.412 e. The maximum Gasteiger partial charge on any atom is 0.154 e. The molecule has 0 aliphatic carbocycles. The van der Waals surface area contributed by atoms with Crippen LogP contribution in [0.3, 0.4) is 0 Å². The van der Waals surface area contributed by atoms with Crippen LogP contribution >= 0.6 is 15.8 Å². The average Bonchev–Trinajstić information content (AvgIpc) is 2.84. The van der Waals surface area contributed by atoms with Crippen LogP contribution in [0.15, 0.2) is 121 Å². The van der Waals surface area contributed by atoms with Crippen LogP contribution in [0.4, 0.5) is 13.2 Å². The summed E-state index contributed by atoms with van der Waals surface area (Å²) >= 11 is 0. The SMILES string of the molecule is F[C-](F)F.O.[Pt].c1ccc(P(CCP(c2ccccc2)c2ccccc2)c2ccccc2)cc1. The fraction of sp³-hybridized carbons (Fsp3) is 0.0741. The Hall–Kier alpha value is -1.82. The largest absolute Gasteiger partial charge is 0.412 e. The van der Waals surface area contributed by atoms with Crippen molar-refractivity contribution in [3.63, 3.8) is 0 Å². The zero-order chi connectivity index (χ0) is 22.6. The van der Waals surface area contributed by atoms with Crippen LogP contribution in [-0.4, -0.2) is 17.8 Å². The fourth-order valence-corrected chi connectivity index (χ4v) is 8.80. The molecule has 0 spiro atoms. The summed E-state index contributed by atoms with van der Waals surface area (Å²) in [6.07, 6.45) is 2.41. The first kappa shape index (κ1) is 30.2.